The fraction of sp³-hybridized carbons (Fsp3) is 0.818. The molecule has 1 saturated carbocycles. The lowest BCUT2D eigenvalue weighted by Crippen LogP contribution is -2.35. The fourth-order valence-corrected chi connectivity index (χ4v) is 1.95. The van der Waals surface area contributed by atoms with Gasteiger partial charge in [-0.05, 0) is 18.8 Å². The van der Waals surface area contributed by atoms with E-state index in [0.29, 0.717) is 13.0 Å². The van der Waals surface area contributed by atoms with Gasteiger partial charge in [-0.25, -0.2) is 0 Å². The highest BCUT2D eigenvalue weighted by molar-refractivity contribution is 5.87. The molecular formula is C11H18N2O2. The molecule has 1 aliphatic carbocycles. The van der Waals surface area contributed by atoms with E-state index in [0.717, 1.165) is 18.9 Å². The maximum atomic E-state index is 11.6. The van der Waals surface area contributed by atoms with Crippen molar-refractivity contribution in [2.24, 2.45) is 5.92 Å². The average molecular weight is 210 g/mol. The quantitative estimate of drug-likeness (QED) is 0.735. The summed E-state index contributed by atoms with van der Waals surface area (Å²) < 4.78 is 0. The summed E-state index contributed by atoms with van der Waals surface area (Å²) in [7, 11) is 0. The van der Waals surface area contributed by atoms with Crippen molar-refractivity contribution in [2.75, 3.05) is 19.6 Å². The summed E-state index contributed by atoms with van der Waals surface area (Å²) in [6.07, 6.45) is 5.52. The van der Waals surface area contributed by atoms with Crippen LogP contribution in [0.1, 0.15) is 32.1 Å². The molecule has 15 heavy (non-hydrogen) atoms. The summed E-state index contributed by atoms with van der Waals surface area (Å²) in [5.74, 6) is 0.983. The van der Waals surface area contributed by atoms with Gasteiger partial charge in [0.2, 0.25) is 11.8 Å². The molecule has 84 valence electrons. The Morgan fingerprint density at radius 1 is 1.33 bits per heavy atom. The van der Waals surface area contributed by atoms with Gasteiger partial charge in [0, 0.05) is 19.5 Å². The van der Waals surface area contributed by atoms with Crippen LogP contribution in [-0.4, -0.2) is 36.3 Å². The van der Waals surface area contributed by atoms with Gasteiger partial charge in [-0.3, -0.25) is 9.59 Å². The average Bonchev–Trinajstić information content (AvgIpc) is 3.02. The van der Waals surface area contributed by atoms with Crippen molar-refractivity contribution >= 4 is 11.8 Å². The molecule has 0 unspecified atom stereocenters. The van der Waals surface area contributed by atoms with Gasteiger partial charge in [0.15, 0.2) is 0 Å². The van der Waals surface area contributed by atoms with Gasteiger partial charge in [-0.2, -0.15) is 0 Å². The normalized spacial score (nSPS) is 22.5. The Bertz CT molecular complexity index is 261. The molecule has 2 amide bonds. The minimum atomic E-state index is -0.00644. The zero-order valence-corrected chi connectivity index (χ0v) is 9.00. The second-order valence-corrected chi connectivity index (χ2v) is 4.49. The number of hydrogen-bond acceptors (Lipinski definition) is 2. The van der Waals surface area contributed by atoms with Gasteiger partial charge in [-0.15, -0.1) is 0 Å². The van der Waals surface area contributed by atoms with Crippen LogP contribution < -0.4 is 5.32 Å². The van der Waals surface area contributed by atoms with Gasteiger partial charge in [0.25, 0.3) is 0 Å². The first kappa shape index (κ1) is 10.5. The third-order valence-corrected chi connectivity index (χ3v) is 3.14. The number of hydrogen-bond donors (Lipinski definition) is 1. The van der Waals surface area contributed by atoms with Crippen molar-refractivity contribution in [3.8, 4) is 0 Å². The van der Waals surface area contributed by atoms with Crippen molar-refractivity contribution in [1.82, 2.24) is 10.2 Å². The molecule has 1 aliphatic heterocycles. The predicted molar refractivity (Wildman–Crippen MR) is 56.2 cm³/mol. The fourth-order valence-electron chi connectivity index (χ4n) is 1.95. The lowest BCUT2D eigenvalue weighted by atomic mass is 10.2. The third-order valence-electron chi connectivity index (χ3n) is 3.14. The number of amides is 2. The number of nitrogens with zero attached hydrogens (tertiary/aromatic N) is 1. The Hall–Kier alpha value is -1.06. The van der Waals surface area contributed by atoms with Gasteiger partial charge in [0.05, 0.1) is 6.54 Å². The van der Waals surface area contributed by atoms with Crippen LogP contribution in [0.25, 0.3) is 0 Å². The van der Waals surface area contributed by atoms with Gasteiger partial charge < -0.3 is 10.2 Å². The molecule has 0 bridgehead atoms. The first-order valence-corrected chi connectivity index (χ1v) is 5.80. The van der Waals surface area contributed by atoms with Crippen LogP contribution in [0.5, 0.6) is 0 Å². The molecule has 0 aromatic heterocycles. The molecule has 2 rings (SSSR count). The molecule has 4 heteroatoms. The van der Waals surface area contributed by atoms with Gasteiger partial charge in [0.1, 0.15) is 0 Å². The highest BCUT2D eigenvalue weighted by Gasteiger charge is 2.23. The summed E-state index contributed by atoms with van der Waals surface area (Å²) in [4.78, 5) is 24.5. The third kappa shape index (κ3) is 3.22. The van der Waals surface area contributed by atoms with Crippen LogP contribution >= 0.6 is 0 Å². The SMILES string of the molecule is O=C1CCN(CCCC2CC2)C(=O)CN1. The van der Waals surface area contributed by atoms with Crippen molar-refractivity contribution in [3.05, 3.63) is 0 Å². The first-order valence-electron chi connectivity index (χ1n) is 5.80. The van der Waals surface area contributed by atoms with Crippen LogP contribution in [0.3, 0.4) is 0 Å². The Morgan fingerprint density at radius 2 is 2.13 bits per heavy atom. The zero-order chi connectivity index (χ0) is 10.7. The Morgan fingerprint density at radius 3 is 2.87 bits per heavy atom. The van der Waals surface area contributed by atoms with Crippen LogP contribution in [-0.2, 0) is 9.59 Å². The predicted octanol–water partition coefficient (Wildman–Crippen LogP) is 0.525. The minimum absolute atomic E-state index is 0.00644. The topological polar surface area (TPSA) is 49.4 Å². The van der Waals surface area contributed by atoms with Gasteiger partial charge in [-0.1, -0.05) is 12.8 Å². The maximum Gasteiger partial charge on any atom is 0.241 e. The smallest absolute Gasteiger partial charge is 0.241 e. The Labute approximate surface area is 90.0 Å². The summed E-state index contributed by atoms with van der Waals surface area (Å²) in [5, 5.41) is 2.61. The molecule has 0 radical (unpaired) electrons. The molecule has 2 aliphatic rings. The molecule has 1 N–H and O–H groups in total. The molecule has 0 atom stereocenters. The lowest BCUT2D eigenvalue weighted by Gasteiger charge is -2.19. The summed E-state index contributed by atoms with van der Waals surface area (Å²) in [5.41, 5.74) is 0. The second-order valence-electron chi connectivity index (χ2n) is 4.49. The number of carbonyl (C=O) groups is 2. The van der Waals surface area contributed by atoms with Crippen molar-refractivity contribution in [2.45, 2.75) is 32.1 Å². The lowest BCUT2D eigenvalue weighted by molar-refractivity contribution is -0.130. The second kappa shape index (κ2) is 4.64. The number of nitrogens with one attached hydrogen (secondary N) is 1. The molecule has 2 fully saturated rings. The van der Waals surface area contributed by atoms with Crippen molar-refractivity contribution < 1.29 is 9.59 Å². The summed E-state index contributed by atoms with van der Waals surface area (Å²) >= 11 is 0. The molecular weight excluding hydrogens is 192 g/mol. The molecule has 0 aromatic carbocycles. The van der Waals surface area contributed by atoms with E-state index in [2.05, 4.69) is 5.32 Å². The largest absolute Gasteiger partial charge is 0.347 e. The highest BCUT2D eigenvalue weighted by atomic mass is 16.2. The molecule has 1 saturated heterocycles. The van der Waals surface area contributed by atoms with E-state index in [-0.39, 0.29) is 18.4 Å². The van der Waals surface area contributed by atoms with E-state index >= 15 is 0 Å². The van der Waals surface area contributed by atoms with Crippen LogP contribution in [0, 0.1) is 5.92 Å². The van der Waals surface area contributed by atoms with E-state index in [1.165, 1.54) is 19.3 Å². The van der Waals surface area contributed by atoms with Crippen molar-refractivity contribution in [3.63, 3.8) is 0 Å². The van der Waals surface area contributed by atoms with Gasteiger partial charge >= 0.3 is 0 Å². The summed E-state index contributed by atoms with van der Waals surface area (Å²) in [6.45, 7) is 1.60. The van der Waals surface area contributed by atoms with Crippen LogP contribution in [0.15, 0.2) is 0 Å². The molecule has 1 heterocycles. The van der Waals surface area contributed by atoms with Crippen molar-refractivity contribution in [1.29, 1.82) is 0 Å². The standard InChI is InChI=1S/C11H18N2O2/c14-10-5-7-13(11(15)8-12-10)6-1-2-9-3-4-9/h9H,1-8H2,(H,12,14). The van der Waals surface area contributed by atoms with E-state index < -0.39 is 0 Å². The van der Waals surface area contributed by atoms with E-state index in [1.807, 2.05) is 4.90 Å². The van der Waals surface area contributed by atoms with E-state index in [4.69, 9.17) is 0 Å². The monoisotopic (exact) mass is 210 g/mol. The van der Waals surface area contributed by atoms with Crippen LogP contribution in [0.4, 0.5) is 0 Å². The van der Waals surface area contributed by atoms with E-state index in [9.17, 15) is 9.59 Å². The zero-order valence-electron chi connectivity index (χ0n) is 9.00. The number of rotatable bonds is 4. The van der Waals surface area contributed by atoms with E-state index in [1.54, 1.807) is 0 Å². The maximum absolute atomic E-state index is 11.6. The number of carbonyl (C=O) groups excluding carboxylic acids is 2. The molecule has 4 nitrogen and oxygen atoms in total. The highest BCUT2D eigenvalue weighted by Crippen LogP contribution is 2.33. The molecule has 0 spiro atoms. The first-order chi connectivity index (χ1) is 7.25. The Kier molecular flexibility index (Phi) is 3.23. The Balaban J connectivity index is 1.72. The molecule has 0 aromatic rings. The van der Waals surface area contributed by atoms with Crippen LogP contribution in [0.2, 0.25) is 0 Å². The minimum Gasteiger partial charge on any atom is -0.347 e. The summed E-state index contributed by atoms with van der Waals surface area (Å²) in [6, 6.07) is 0.